The Labute approximate surface area is 156 Å². The number of para-hydroxylation sites is 2. The van der Waals surface area contributed by atoms with Gasteiger partial charge in [0.05, 0.1) is 0 Å². The van der Waals surface area contributed by atoms with Crippen molar-refractivity contribution in [2.24, 2.45) is 3.95 Å². The molecule has 1 aliphatic rings. The molecule has 0 radical (unpaired) electrons. The topological polar surface area (TPSA) is 64.3 Å². The SMILES string of the molecule is COc1ccccc1NC(=O)CC1(c2ccccc2)CCI(N)CC1. The van der Waals surface area contributed by atoms with Gasteiger partial charge in [-0.2, -0.15) is 0 Å². The molecule has 3 N–H and O–H groups in total. The van der Waals surface area contributed by atoms with Crippen molar-refractivity contribution in [3.05, 3.63) is 60.2 Å². The summed E-state index contributed by atoms with van der Waals surface area (Å²) in [5, 5.41) is 3.03. The van der Waals surface area contributed by atoms with Crippen LogP contribution in [-0.2, 0) is 10.2 Å². The zero-order chi connectivity index (χ0) is 17.7. The molecule has 5 heteroatoms. The number of carbonyl (C=O) groups is 1. The van der Waals surface area contributed by atoms with Gasteiger partial charge in [0.1, 0.15) is 0 Å². The first-order valence-electron chi connectivity index (χ1n) is 8.47. The average molecular weight is 452 g/mol. The Bertz CT molecular complexity index is 713. The maximum absolute atomic E-state index is 12.8. The molecular weight excluding hydrogens is 427 g/mol. The number of nitrogens with two attached hydrogens (primary N) is 1. The number of rotatable bonds is 5. The van der Waals surface area contributed by atoms with Crippen LogP contribution in [0.4, 0.5) is 5.69 Å². The molecule has 1 fully saturated rings. The molecule has 0 aliphatic carbocycles. The Balaban J connectivity index is 1.80. The molecule has 4 nitrogen and oxygen atoms in total. The molecule has 0 bridgehead atoms. The van der Waals surface area contributed by atoms with E-state index in [0.29, 0.717) is 12.2 Å². The van der Waals surface area contributed by atoms with E-state index in [1.54, 1.807) is 7.11 Å². The van der Waals surface area contributed by atoms with Gasteiger partial charge < -0.3 is 0 Å². The molecule has 25 heavy (non-hydrogen) atoms. The fourth-order valence-electron chi connectivity index (χ4n) is 3.43. The summed E-state index contributed by atoms with van der Waals surface area (Å²) in [6, 6.07) is 18.0. The number of benzene rings is 2. The van der Waals surface area contributed by atoms with E-state index < -0.39 is 20.1 Å². The van der Waals surface area contributed by atoms with Gasteiger partial charge in [-0.3, -0.25) is 0 Å². The molecule has 2 aromatic carbocycles. The number of ether oxygens (including phenoxy) is 1. The Morgan fingerprint density at radius 2 is 1.76 bits per heavy atom. The molecule has 1 aliphatic heterocycles. The summed E-state index contributed by atoms with van der Waals surface area (Å²) in [5.74, 6) is 0.719. The Kier molecular flexibility index (Phi) is 5.96. The summed E-state index contributed by atoms with van der Waals surface area (Å²) in [6.45, 7) is 0. The fraction of sp³-hybridized carbons (Fsp3) is 0.350. The van der Waals surface area contributed by atoms with Crippen molar-refractivity contribution in [3.8, 4) is 5.75 Å². The maximum atomic E-state index is 12.8. The molecule has 1 heterocycles. The molecule has 0 aromatic heterocycles. The van der Waals surface area contributed by atoms with E-state index in [1.165, 1.54) is 5.56 Å². The van der Waals surface area contributed by atoms with Crippen molar-refractivity contribution in [2.45, 2.75) is 24.7 Å². The summed E-state index contributed by atoms with van der Waals surface area (Å²) in [6.07, 6.45) is 2.51. The van der Waals surface area contributed by atoms with Gasteiger partial charge in [0, 0.05) is 0 Å². The van der Waals surface area contributed by atoms with Gasteiger partial charge in [0.2, 0.25) is 0 Å². The minimum absolute atomic E-state index is 0.0348. The second kappa shape index (κ2) is 8.19. The molecule has 0 saturated carbocycles. The first-order valence-corrected chi connectivity index (χ1v) is 12.8. The van der Waals surface area contributed by atoms with Crippen molar-refractivity contribution < 1.29 is 9.53 Å². The average Bonchev–Trinajstić information content (AvgIpc) is 2.65. The molecule has 1 amide bonds. The summed E-state index contributed by atoms with van der Waals surface area (Å²) in [5.41, 5.74) is 1.89. The van der Waals surface area contributed by atoms with Crippen molar-refractivity contribution in [2.75, 3.05) is 21.3 Å². The Morgan fingerprint density at radius 1 is 1.12 bits per heavy atom. The van der Waals surface area contributed by atoms with E-state index in [4.69, 9.17) is 8.68 Å². The standard InChI is InChI=1S/C20H25IN2O2/c1-25-18-10-6-5-9-17(18)23-19(24)15-20(11-13-21(22)14-12-20)16-7-3-2-4-8-16/h2-10H,11-15,22H2,1H3,(H,23,24). The summed E-state index contributed by atoms with van der Waals surface area (Å²) >= 11 is -1.25. The van der Waals surface area contributed by atoms with E-state index >= 15 is 0 Å². The van der Waals surface area contributed by atoms with Crippen LogP contribution in [0.1, 0.15) is 24.8 Å². The van der Waals surface area contributed by atoms with E-state index in [9.17, 15) is 4.79 Å². The van der Waals surface area contributed by atoms with Crippen LogP contribution in [0.3, 0.4) is 0 Å². The van der Waals surface area contributed by atoms with Gasteiger partial charge in [-0.25, -0.2) is 0 Å². The van der Waals surface area contributed by atoms with Crippen LogP contribution in [0, 0.1) is 0 Å². The number of alkyl halides is 2. The van der Waals surface area contributed by atoms with Crippen LogP contribution in [0.25, 0.3) is 0 Å². The number of hydrogen-bond donors (Lipinski definition) is 2. The third-order valence-corrected chi connectivity index (χ3v) is 8.75. The number of methoxy groups -OCH3 is 1. The summed E-state index contributed by atoms with van der Waals surface area (Å²) in [7, 11) is 1.62. The van der Waals surface area contributed by atoms with Crippen molar-refractivity contribution in [3.63, 3.8) is 0 Å². The molecule has 3 rings (SSSR count). The zero-order valence-electron chi connectivity index (χ0n) is 14.5. The number of halogens is 1. The second-order valence-electron chi connectivity index (χ2n) is 6.45. The van der Waals surface area contributed by atoms with Crippen LogP contribution in [0.2, 0.25) is 0 Å². The van der Waals surface area contributed by atoms with Crippen molar-refractivity contribution in [1.82, 2.24) is 0 Å². The molecule has 0 unspecified atom stereocenters. The monoisotopic (exact) mass is 452 g/mol. The van der Waals surface area contributed by atoms with Crippen LogP contribution in [-0.4, -0.2) is 21.9 Å². The zero-order valence-corrected chi connectivity index (χ0v) is 16.7. The fourth-order valence-corrected chi connectivity index (χ4v) is 7.42. The molecule has 134 valence electrons. The minimum atomic E-state index is -1.25. The number of hydrogen-bond acceptors (Lipinski definition) is 3. The van der Waals surface area contributed by atoms with Crippen LogP contribution in [0.5, 0.6) is 5.75 Å². The van der Waals surface area contributed by atoms with Crippen molar-refractivity contribution >= 4 is 31.7 Å². The van der Waals surface area contributed by atoms with Crippen LogP contribution >= 0.6 is 20.1 Å². The van der Waals surface area contributed by atoms with Gasteiger partial charge in [-0.1, -0.05) is 0 Å². The van der Waals surface area contributed by atoms with Gasteiger partial charge >= 0.3 is 157 Å². The third kappa shape index (κ3) is 4.33. The third-order valence-electron chi connectivity index (χ3n) is 4.90. The first kappa shape index (κ1) is 18.2. The number of amides is 1. The van der Waals surface area contributed by atoms with Gasteiger partial charge in [0.15, 0.2) is 0 Å². The normalized spacial score (nSPS) is 17.8. The number of nitrogens with one attached hydrogen (secondary N) is 1. The molecule has 1 saturated heterocycles. The molecule has 0 atom stereocenters. The van der Waals surface area contributed by atoms with Crippen LogP contribution in [0.15, 0.2) is 54.6 Å². The summed E-state index contributed by atoms with van der Waals surface area (Å²) < 4.78 is 13.8. The summed E-state index contributed by atoms with van der Waals surface area (Å²) in [4.78, 5) is 12.8. The van der Waals surface area contributed by atoms with Gasteiger partial charge in [-0.15, -0.1) is 0 Å². The Hall–Kier alpha value is -1.60. The Morgan fingerprint density at radius 3 is 2.44 bits per heavy atom. The van der Waals surface area contributed by atoms with E-state index in [1.807, 2.05) is 30.3 Å². The van der Waals surface area contributed by atoms with E-state index in [-0.39, 0.29) is 11.3 Å². The predicted octanol–water partition coefficient (Wildman–Crippen LogP) is 4.14. The molecule has 2 aromatic rings. The van der Waals surface area contributed by atoms with Gasteiger partial charge in [-0.05, 0) is 0 Å². The first-order chi connectivity index (χ1) is 12.1. The quantitative estimate of drug-likeness (QED) is 0.407. The van der Waals surface area contributed by atoms with Gasteiger partial charge in [0.25, 0.3) is 0 Å². The van der Waals surface area contributed by atoms with E-state index in [0.717, 1.165) is 27.4 Å². The number of carbonyl (C=O) groups excluding carboxylic acids is 1. The van der Waals surface area contributed by atoms with Crippen molar-refractivity contribution in [1.29, 1.82) is 0 Å². The predicted molar refractivity (Wildman–Crippen MR) is 112 cm³/mol. The molecule has 0 spiro atoms. The van der Waals surface area contributed by atoms with Crippen LogP contribution < -0.4 is 14.0 Å². The molecular formula is C20H25IN2O2. The van der Waals surface area contributed by atoms with E-state index in [2.05, 4.69) is 29.6 Å². The number of anilines is 1. The second-order valence-corrected chi connectivity index (χ2v) is 11.4.